The molecule has 134 valence electrons. The Labute approximate surface area is 152 Å². The second kappa shape index (κ2) is 7.85. The molecule has 0 aliphatic heterocycles. The van der Waals surface area contributed by atoms with Crippen LogP contribution in [-0.4, -0.2) is 11.7 Å². The van der Waals surface area contributed by atoms with Crippen LogP contribution in [0.4, 0.5) is 9.18 Å². The Morgan fingerprint density at radius 1 is 1.16 bits per heavy atom. The Morgan fingerprint density at radius 2 is 1.80 bits per heavy atom. The molecule has 0 spiro atoms. The molecule has 0 unspecified atom stereocenters. The maximum atomic E-state index is 13.7. The molecule has 0 aromatic heterocycles. The largest absolute Gasteiger partial charge is 0.444 e. The van der Waals surface area contributed by atoms with Crippen molar-refractivity contribution in [2.75, 3.05) is 0 Å². The van der Waals surface area contributed by atoms with Gasteiger partial charge in [0.1, 0.15) is 11.4 Å². The molecule has 0 aliphatic rings. The van der Waals surface area contributed by atoms with Gasteiger partial charge in [-0.3, -0.25) is 0 Å². The molecule has 2 atom stereocenters. The third-order valence-corrected chi connectivity index (χ3v) is 3.75. The summed E-state index contributed by atoms with van der Waals surface area (Å²) in [5.41, 5.74) is 7.00. The molecule has 4 nitrogen and oxygen atoms in total. The predicted octanol–water partition coefficient (Wildman–Crippen LogP) is 4.74. The Bertz CT molecular complexity index is 729. The van der Waals surface area contributed by atoms with E-state index in [0.717, 1.165) is 5.56 Å². The normalized spacial score (nSPS) is 13.8. The van der Waals surface area contributed by atoms with E-state index >= 15 is 0 Å². The fourth-order valence-corrected chi connectivity index (χ4v) is 2.52. The van der Waals surface area contributed by atoms with Gasteiger partial charge >= 0.3 is 6.09 Å². The smallest absolute Gasteiger partial charge is 0.408 e. The van der Waals surface area contributed by atoms with Crippen LogP contribution >= 0.6 is 11.6 Å². The molecule has 2 rings (SSSR count). The van der Waals surface area contributed by atoms with Gasteiger partial charge in [-0.05, 0) is 56.2 Å². The number of benzene rings is 2. The molecule has 0 radical (unpaired) electrons. The quantitative estimate of drug-likeness (QED) is 0.823. The van der Waals surface area contributed by atoms with Crippen LogP contribution in [0.5, 0.6) is 0 Å². The Hall–Kier alpha value is -2.11. The number of halogens is 2. The number of hydrogen-bond donors (Lipinski definition) is 2. The summed E-state index contributed by atoms with van der Waals surface area (Å²) in [4.78, 5) is 12.2. The van der Waals surface area contributed by atoms with Gasteiger partial charge in [-0.25, -0.2) is 9.18 Å². The molecular weight excluding hydrogens is 343 g/mol. The van der Waals surface area contributed by atoms with E-state index < -0.39 is 29.6 Å². The zero-order valence-electron chi connectivity index (χ0n) is 14.4. The van der Waals surface area contributed by atoms with E-state index in [9.17, 15) is 9.18 Å². The number of rotatable bonds is 4. The van der Waals surface area contributed by atoms with E-state index in [0.29, 0.717) is 10.6 Å². The molecule has 1 amide bonds. The molecule has 3 N–H and O–H groups in total. The number of hydrogen-bond acceptors (Lipinski definition) is 3. The molecule has 0 fully saturated rings. The van der Waals surface area contributed by atoms with Crippen LogP contribution in [0.3, 0.4) is 0 Å². The van der Waals surface area contributed by atoms with E-state index in [1.165, 1.54) is 12.1 Å². The molecule has 2 aromatic rings. The van der Waals surface area contributed by atoms with Crippen molar-refractivity contribution >= 4 is 17.7 Å². The lowest BCUT2D eigenvalue weighted by Gasteiger charge is -2.28. The first-order chi connectivity index (χ1) is 11.7. The lowest BCUT2D eigenvalue weighted by atomic mass is 9.94. The standard InChI is InChI=1S/C19H22ClFN2O2/c1-19(2,3)25-18(24)23-17(13-5-4-6-15(21)11-13)16(22)12-7-9-14(20)10-8-12/h4-11,16-17H,22H2,1-3H3,(H,23,24)/t16-,17+/m0/s1. The van der Waals surface area contributed by atoms with Crippen molar-refractivity contribution in [1.29, 1.82) is 0 Å². The van der Waals surface area contributed by atoms with Crippen molar-refractivity contribution in [3.8, 4) is 0 Å². The number of nitrogens with two attached hydrogens (primary N) is 1. The highest BCUT2D eigenvalue weighted by Crippen LogP contribution is 2.28. The van der Waals surface area contributed by atoms with Crippen LogP contribution in [0.15, 0.2) is 48.5 Å². The third kappa shape index (κ3) is 5.73. The van der Waals surface area contributed by atoms with Gasteiger partial charge < -0.3 is 15.8 Å². The molecule has 0 heterocycles. The van der Waals surface area contributed by atoms with Crippen molar-refractivity contribution < 1.29 is 13.9 Å². The first-order valence-electron chi connectivity index (χ1n) is 7.92. The van der Waals surface area contributed by atoms with Gasteiger partial charge in [0.25, 0.3) is 0 Å². The minimum Gasteiger partial charge on any atom is -0.444 e. The maximum Gasteiger partial charge on any atom is 0.408 e. The molecule has 0 saturated carbocycles. The summed E-state index contributed by atoms with van der Waals surface area (Å²) in [7, 11) is 0. The molecule has 0 bridgehead atoms. The van der Waals surface area contributed by atoms with Gasteiger partial charge in [0.15, 0.2) is 0 Å². The van der Waals surface area contributed by atoms with Crippen LogP contribution in [0.2, 0.25) is 5.02 Å². The number of carbonyl (C=O) groups excluding carboxylic acids is 1. The number of nitrogens with one attached hydrogen (secondary N) is 1. The lowest BCUT2D eigenvalue weighted by Crippen LogP contribution is -2.39. The fourth-order valence-electron chi connectivity index (χ4n) is 2.39. The average Bonchev–Trinajstić information content (AvgIpc) is 2.51. The SMILES string of the molecule is CC(C)(C)OC(=O)N[C@H](c1cccc(F)c1)[C@@H](N)c1ccc(Cl)cc1. The minimum absolute atomic E-state index is 0.406. The summed E-state index contributed by atoms with van der Waals surface area (Å²) in [6.45, 7) is 5.30. The number of ether oxygens (including phenoxy) is 1. The van der Waals surface area contributed by atoms with Gasteiger partial charge in [0, 0.05) is 5.02 Å². The van der Waals surface area contributed by atoms with Gasteiger partial charge in [0.05, 0.1) is 12.1 Å². The molecular formula is C19H22ClFN2O2. The summed E-state index contributed by atoms with van der Waals surface area (Å²) in [5, 5.41) is 3.33. The van der Waals surface area contributed by atoms with Crippen molar-refractivity contribution in [2.45, 2.75) is 38.5 Å². The van der Waals surface area contributed by atoms with Crippen molar-refractivity contribution in [1.82, 2.24) is 5.32 Å². The summed E-state index contributed by atoms with van der Waals surface area (Å²) < 4.78 is 19.0. The zero-order chi connectivity index (χ0) is 18.6. The predicted molar refractivity (Wildman–Crippen MR) is 96.9 cm³/mol. The fraction of sp³-hybridized carbons (Fsp3) is 0.316. The highest BCUT2D eigenvalue weighted by molar-refractivity contribution is 6.30. The molecule has 0 aliphatic carbocycles. The van der Waals surface area contributed by atoms with Crippen LogP contribution < -0.4 is 11.1 Å². The highest BCUT2D eigenvalue weighted by atomic mass is 35.5. The van der Waals surface area contributed by atoms with Crippen LogP contribution in [-0.2, 0) is 4.74 Å². The van der Waals surface area contributed by atoms with Gasteiger partial charge in [-0.1, -0.05) is 35.9 Å². The van der Waals surface area contributed by atoms with E-state index in [2.05, 4.69) is 5.32 Å². The maximum absolute atomic E-state index is 13.7. The molecule has 25 heavy (non-hydrogen) atoms. The Balaban J connectivity index is 2.31. The Kier molecular flexibility index (Phi) is 6.03. The van der Waals surface area contributed by atoms with Gasteiger partial charge in [-0.15, -0.1) is 0 Å². The monoisotopic (exact) mass is 364 g/mol. The highest BCUT2D eigenvalue weighted by Gasteiger charge is 2.26. The second-order valence-corrected chi connectivity index (χ2v) is 7.19. The summed E-state index contributed by atoms with van der Waals surface area (Å²) >= 11 is 5.91. The van der Waals surface area contributed by atoms with Crippen molar-refractivity contribution in [3.63, 3.8) is 0 Å². The zero-order valence-corrected chi connectivity index (χ0v) is 15.2. The number of alkyl carbamates (subject to hydrolysis) is 1. The second-order valence-electron chi connectivity index (χ2n) is 6.76. The van der Waals surface area contributed by atoms with Gasteiger partial charge in [0.2, 0.25) is 0 Å². The average molecular weight is 365 g/mol. The topological polar surface area (TPSA) is 64.3 Å². The van der Waals surface area contributed by atoms with E-state index in [4.69, 9.17) is 22.1 Å². The van der Waals surface area contributed by atoms with Gasteiger partial charge in [-0.2, -0.15) is 0 Å². The molecule has 2 aromatic carbocycles. The first-order valence-corrected chi connectivity index (χ1v) is 8.29. The van der Waals surface area contributed by atoms with Crippen LogP contribution in [0.25, 0.3) is 0 Å². The number of carbonyl (C=O) groups is 1. The summed E-state index contributed by atoms with van der Waals surface area (Å²) in [6.07, 6.45) is -0.619. The Morgan fingerprint density at radius 3 is 2.36 bits per heavy atom. The molecule has 6 heteroatoms. The van der Waals surface area contributed by atoms with Crippen LogP contribution in [0.1, 0.15) is 44.0 Å². The summed E-state index contributed by atoms with van der Waals surface area (Å²) in [5.74, 6) is -0.406. The lowest BCUT2D eigenvalue weighted by molar-refractivity contribution is 0.0495. The molecule has 0 saturated heterocycles. The van der Waals surface area contributed by atoms with E-state index in [1.807, 2.05) is 0 Å². The summed E-state index contributed by atoms with van der Waals surface area (Å²) in [6, 6.07) is 11.7. The minimum atomic E-state index is -0.660. The van der Waals surface area contributed by atoms with Crippen molar-refractivity contribution in [2.24, 2.45) is 5.73 Å². The van der Waals surface area contributed by atoms with Crippen LogP contribution in [0, 0.1) is 5.82 Å². The van der Waals surface area contributed by atoms with E-state index in [1.54, 1.807) is 57.2 Å². The van der Waals surface area contributed by atoms with Crippen molar-refractivity contribution in [3.05, 3.63) is 70.5 Å². The first kappa shape index (κ1) is 19.2. The number of amides is 1. The van der Waals surface area contributed by atoms with E-state index in [-0.39, 0.29) is 0 Å². The third-order valence-electron chi connectivity index (χ3n) is 3.49.